The summed E-state index contributed by atoms with van der Waals surface area (Å²) in [7, 11) is 1.41. The number of carbonyl (C=O) groups excluding carboxylic acids is 2. The molecule has 0 spiro atoms. The van der Waals surface area contributed by atoms with Crippen LogP contribution in [0.15, 0.2) is 18.2 Å². The zero-order valence-corrected chi connectivity index (χ0v) is 14.6. The number of aliphatic carboxylic acids is 1. The molecule has 0 unspecified atom stereocenters. The minimum absolute atomic E-state index is 0. The van der Waals surface area contributed by atoms with E-state index in [1.54, 1.807) is 0 Å². The molecule has 1 amide bonds. The number of halogens is 1. The maximum absolute atomic E-state index is 13.7. The van der Waals surface area contributed by atoms with Gasteiger partial charge in [0.15, 0.2) is 0 Å². The Bertz CT molecular complexity index is 532. The second kappa shape index (κ2) is 6.99. The second-order valence-corrected chi connectivity index (χ2v) is 4.62. The Hall–Kier alpha value is -0.474. The number of amides is 1. The van der Waals surface area contributed by atoms with Crippen LogP contribution in [-0.2, 0) is 4.79 Å². The summed E-state index contributed by atoms with van der Waals surface area (Å²) in [6, 6.07) is 3.92. The van der Waals surface area contributed by atoms with Crippen LogP contribution < -0.4 is 67.1 Å². The van der Waals surface area contributed by atoms with Crippen molar-refractivity contribution in [2.24, 2.45) is 0 Å². The van der Waals surface area contributed by atoms with Gasteiger partial charge in [-0.15, -0.1) is 0 Å². The van der Waals surface area contributed by atoms with E-state index in [9.17, 15) is 19.1 Å². The predicted octanol–water partition coefficient (Wildman–Crippen LogP) is -2.73. The molecule has 0 aromatic heterocycles. The predicted molar refractivity (Wildman–Crippen MR) is 65.0 cm³/mol. The number of carbonyl (C=O) groups is 2. The summed E-state index contributed by atoms with van der Waals surface area (Å²) in [6.07, 6.45) is 1.70. The first kappa shape index (κ1) is 17.6. The van der Waals surface area contributed by atoms with Crippen molar-refractivity contribution < 1.29 is 70.5 Å². The van der Waals surface area contributed by atoms with Crippen molar-refractivity contribution in [3.8, 4) is 0 Å². The van der Waals surface area contributed by atoms with E-state index >= 15 is 0 Å². The van der Waals surface area contributed by atoms with E-state index in [1.807, 2.05) is 0 Å². The standard InChI is InChI=1S/C13H15FN2O3.K/c1-15-11(17)9-4-3-8(7-10(9)14)16-13(12(18)19)5-2-6-13;/h3-4,7,16H,2,5-6H2,1H3,(H,15,17)(H,18,19);/q;+1/p-1. The first-order valence-electron chi connectivity index (χ1n) is 6.00. The number of rotatable bonds is 4. The largest absolute Gasteiger partial charge is 1.00 e. The molecule has 7 heteroatoms. The van der Waals surface area contributed by atoms with Crippen LogP contribution in [0.3, 0.4) is 0 Å². The third-order valence-electron chi connectivity index (χ3n) is 3.42. The fraction of sp³-hybridized carbons (Fsp3) is 0.385. The minimum Gasteiger partial charge on any atom is -0.548 e. The molecule has 5 nitrogen and oxygen atoms in total. The summed E-state index contributed by atoms with van der Waals surface area (Å²) in [5.74, 6) is -2.41. The van der Waals surface area contributed by atoms with Crippen molar-refractivity contribution in [1.82, 2.24) is 5.32 Å². The van der Waals surface area contributed by atoms with E-state index in [2.05, 4.69) is 10.6 Å². The summed E-state index contributed by atoms with van der Waals surface area (Å²) >= 11 is 0. The normalized spacial score (nSPS) is 15.5. The maximum Gasteiger partial charge on any atom is 1.00 e. The van der Waals surface area contributed by atoms with Crippen LogP contribution in [0.1, 0.15) is 29.6 Å². The van der Waals surface area contributed by atoms with Gasteiger partial charge in [-0.25, -0.2) is 4.39 Å². The first-order chi connectivity index (χ1) is 8.98. The molecule has 102 valence electrons. The van der Waals surface area contributed by atoms with Crippen molar-refractivity contribution in [1.29, 1.82) is 0 Å². The van der Waals surface area contributed by atoms with Gasteiger partial charge in [0.25, 0.3) is 5.91 Å². The Labute approximate surface area is 158 Å². The average molecular weight is 304 g/mol. The van der Waals surface area contributed by atoms with Crippen LogP contribution in [0.4, 0.5) is 10.1 Å². The molecule has 0 heterocycles. The Morgan fingerprint density at radius 2 is 2.00 bits per heavy atom. The van der Waals surface area contributed by atoms with Gasteiger partial charge in [0.1, 0.15) is 5.82 Å². The second-order valence-electron chi connectivity index (χ2n) is 4.62. The van der Waals surface area contributed by atoms with E-state index in [0.29, 0.717) is 18.5 Å². The molecule has 0 saturated heterocycles. The van der Waals surface area contributed by atoms with Gasteiger partial charge in [0.05, 0.1) is 17.1 Å². The zero-order chi connectivity index (χ0) is 14.0. The molecular formula is C13H14FKN2O3. The van der Waals surface area contributed by atoms with E-state index in [0.717, 1.165) is 12.5 Å². The van der Waals surface area contributed by atoms with Gasteiger partial charge in [-0.3, -0.25) is 4.79 Å². The Morgan fingerprint density at radius 1 is 1.35 bits per heavy atom. The molecule has 1 saturated carbocycles. The Balaban J connectivity index is 0.00000200. The number of hydrogen-bond donors (Lipinski definition) is 2. The van der Waals surface area contributed by atoms with Gasteiger partial charge in [0, 0.05) is 12.7 Å². The van der Waals surface area contributed by atoms with E-state index in [4.69, 9.17) is 0 Å². The maximum atomic E-state index is 13.7. The number of nitrogens with one attached hydrogen (secondary N) is 2. The topological polar surface area (TPSA) is 81.3 Å². The average Bonchev–Trinajstić information content (AvgIpc) is 2.32. The number of hydrogen-bond acceptors (Lipinski definition) is 4. The summed E-state index contributed by atoms with van der Waals surface area (Å²) in [5, 5.41) is 16.2. The summed E-state index contributed by atoms with van der Waals surface area (Å²) in [5.41, 5.74) is -0.862. The quantitative estimate of drug-likeness (QED) is 0.592. The molecule has 0 radical (unpaired) electrons. The van der Waals surface area contributed by atoms with E-state index < -0.39 is 23.2 Å². The molecule has 1 aliphatic rings. The third kappa shape index (κ3) is 3.40. The Morgan fingerprint density at radius 3 is 2.40 bits per heavy atom. The van der Waals surface area contributed by atoms with E-state index in [1.165, 1.54) is 19.2 Å². The van der Waals surface area contributed by atoms with Crippen LogP contribution in [0.5, 0.6) is 0 Å². The van der Waals surface area contributed by atoms with Crippen molar-refractivity contribution >= 4 is 17.6 Å². The number of anilines is 1. The molecular weight excluding hydrogens is 290 g/mol. The molecule has 20 heavy (non-hydrogen) atoms. The van der Waals surface area contributed by atoms with Crippen LogP contribution in [0.2, 0.25) is 0 Å². The van der Waals surface area contributed by atoms with Gasteiger partial charge in [-0.2, -0.15) is 0 Å². The molecule has 0 atom stereocenters. The minimum atomic E-state index is -1.19. The first-order valence-corrected chi connectivity index (χ1v) is 6.00. The summed E-state index contributed by atoms with van der Waals surface area (Å²) in [6.45, 7) is 0. The van der Waals surface area contributed by atoms with E-state index in [-0.39, 0.29) is 56.9 Å². The zero-order valence-electron chi connectivity index (χ0n) is 11.5. The molecule has 0 aliphatic heterocycles. The van der Waals surface area contributed by atoms with Crippen LogP contribution >= 0.6 is 0 Å². The van der Waals surface area contributed by atoms with Crippen molar-refractivity contribution in [3.05, 3.63) is 29.6 Å². The SMILES string of the molecule is CNC(=O)c1ccc(NC2(C(=O)[O-])CCC2)cc1F.[K+]. The Kier molecular flexibility index (Phi) is 6.15. The van der Waals surface area contributed by atoms with Crippen molar-refractivity contribution in [3.63, 3.8) is 0 Å². The number of benzene rings is 1. The third-order valence-corrected chi connectivity index (χ3v) is 3.42. The van der Waals surface area contributed by atoms with Crippen molar-refractivity contribution in [2.45, 2.75) is 24.8 Å². The van der Waals surface area contributed by atoms with Crippen LogP contribution in [0, 0.1) is 5.82 Å². The fourth-order valence-electron chi connectivity index (χ4n) is 2.10. The van der Waals surface area contributed by atoms with Crippen molar-refractivity contribution in [2.75, 3.05) is 12.4 Å². The number of carboxylic acids is 1. The van der Waals surface area contributed by atoms with Gasteiger partial charge < -0.3 is 20.5 Å². The van der Waals surface area contributed by atoms with Gasteiger partial charge in [-0.1, -0.05) is 0 Å². The fourth-order valence-corrected chi connectivity index (χ4v) is 2.10. The van der Waals surface area contributed by atoms with Gasteiger partial charge >= 0.3 is 51.4 Å². The molecule has 2 rings (SSSR count). The molecule has 0 bridgehead atoms. The summed E-state index contributed by atoms with van der Waals surface area (Å²) in [4.78, 5) is 22.4. The molecule has 1 aliphatic carbocycles. The monoisotopic (exact) mass is 304 g/mol. The number of carboxylic acid groups (broad SMARTS) is 1. The summed E-state index contributed by atoms with van der Waals surface area (Å²) < 4.78 is 13.7. The molecule has 1 aromatic carbocycles. The molecule has 1 fully saturated rings. The molecule has 1 aromatic rings. The van der Waals surface area contributed by atoms with Crippen LogP contribution in [0.25, 0.3) is 0 Å². The smallest absolute Gasteiger partial charge is 0.548 e. The molecule has 2 N–H and O–H groups in total. The van der Waals surface area contributed by atoms with Crippen LogP contribution in [-0.4, -0.2) is 24.5 Å². The van der Waals surface area contributed by atoms with Gasteiger partial charge in [-0.05, 0) is 37.5 Å². The van der Waals surface area contributed by atoms with Gasteiger partial charge in [0.2, 0.25) is 0 Å².